The first kappa shape index (κ1) is 16.1. The highest BCUT2D eigenvalue weighted by Crippen LogP contribution is 2.27. The van der Waals surface area contributed by atoms with Crippen LogP contribution in [0.3, 0.4) is 0 Å². The average Bonchev–Trinajstić information content (AvgIpc) is 2.60. The summed E-state index contributed by atoms with van der Waals surface area (Å²) in [6, 6.07) is 19.2. The number of benzene rings is 3. The predicted molar refractivity (Wildman–Crippen MR) is 99.6 cm³/mol. The Labute approximate surface area is 145 Å². The number of hydrogen-bond acceptors (Lipinski definition) is 2. The number of methoxy groups -OCH3 is 1. The van der Waals surface area contributed by atoms with Crippen LogP contribution in [0.4, 0.5) is 5.69 Å². The molecule has 0 bridgehead atoms. The molecule has 0 aliphatic heterocycles. The highest BCUT2D eigenvalue weighted by atomic mass is 35.5. The molecule has 0 atom stereocenters. The first-order valence-electron chi connectivity index (χ1n) is 7.48. The molecule has 0 spiro atoms. The predicted octanol–water partition coefficient (Wildman–Crippen LogP) is 5.15. The summed E-state index contributed by atoms with van der Waals surface area (Å²) < 4.78 is 5.09. The number of carbonyl (C=O) groups is 1. The van der Waals surface area contributed by atoms with Gasteiger partial charge in [-0.1, -0.05) is 54.1 Å². The van der Waals surface area contributed by atoms with Crippen molar-refractivity contribution in [2.75, 3.05) is 12.4 Å². The van der Waals surface area contributed by atoms with E-state index in [9.17, 15) is 4.79 Å². The molecule has 0 radical (unpaired) electrons. The maximum atomic E-state index is 12.1. The Hall–Kier alpha value is -2.78. The third kappa shape index (κ3) is 3.58. The highest BCUT2D eigenvalue weighted by molar-refractivity contribution is 6.32. The molecule has 3 aromatic rings. The van der Waals surface area contributed by atoms with Gasteiger partial charge in [0.15, 0.2) is 0 Å². The lowest BCUT2D eigenvalue weighted by atomic mass is 10.0. The lowest BCUT2D eigenvalue weighted by Gasteiger charge is -2.06. The van der Waals surface area contributed by atoms with Gasteiger partial charge in [-0.25, -0.2) is 0 Å². The Morgan fingerprint density at radius 2 is 1.88 bits per heavy atom. The van der Waals surface area contributed by atoms with Crippen LogP contribution in [-0.4, -0.2) is 13.0 Å². The maximum Gasteiger partial charge on any atom is 0.248 e. The minimum absolute atomic E-state index is 0.218. The normalized spacial score (nSPS) is 10.9. The molecule has 0 fully saturated rings. The zero-order chi connectivity index (χ0) is 16.9. The maximum absolute atomic E-state index is 12.1. The van der Waals surface area contributed by atoms with Gasteiger partial charge in [0.05, 0.1) is 12.1 Å². The van der Waals surface area contributed by atoms with Gasteiger partial charge in [0.25, 0.3) is 0 Å². The lowest BCUT2D eigenvalue weighted by molar-refractivity contribution is -0.111. The van der Waals surface area contributed by atoms with Crippen molar-refractivity contribution in [3.05, 3.63) is 77.3 Å². The van der Waals surface area contributed by atoms with Gasteiger partial charge in [0.2, 0.25) is 5.91 Å². The minimum atomic E-state index is -0.218. The second-order valence-corrected chi connectivity index (χ2v) is 5.65. The van der Waals surface area contributed by atoms with E-state index in [0.29, 0.717) is 16.5 Å². The molecular formula is C20H16ClNO2. The molecule has 0 aliphatic carbocycles. The van der Waals surface area contributed by atoms with Crippen LogP contribution in [0.2, 0.25) is 5.02 Å². The van der Waals surface area contributed by atoms with Crippen molar-refractivity contribution < 1.29 is 9.53 Å². The molecule has 1 N–H and O–H groups in total. The molecule has 3 nitrogen and oxygen atoms in total. The summed E-state index contributed by atoms with van der Waals surface area (Å²) in [6.45, 7) is 0. The molecule has 0 saturated carbocycles. The van der Waals surface area contributed by atoms with E-state index in [4.69, 9.17) is 16.3 Å². The smallest absolute Gasteiger partial charge is 0.248 e. The molecule has 0 unspecified atom stereocenters. The standard InChI is InChI=1S/C20H16ClNO2/c1-24-19-11-10-16(13-18(19)21)22-20(23)12-9-15-7-4-6-14-5-2-3-8-17(14)15/h2-13H,1H3,(H,22,23)/b12-9+. The molecule has 1 amide bonds. The van der Waals surface area contributed by atoms with E-state index in [1.165, 1.54) is 6.08 Å². The lowest BCUT2D eigenvalue weighted by Crippen LogP contribution is -2.07. The molecule has 4 heteroatoms. The fourth-order valence-electron chi connectivity index (χ4n) is 2.49. The molecule has 120 valence electrons. The number of nitrogens with one attached hydrogen (secondary N) is 1. The van der Waals surface area contributed by atoms with Crippen LogP contribution < -0.4 is 10.1 Å². The molecule has 0 heterocycles. The van der Waals surface area contributed by atoms with E-state index in [-0.39, 0.29) is 5.91 Å². The summed E-state index contributed by atoms with van der Waals surface area (Å²) in [5, 5.41) is 5.49. The Morgan fingerprint density at radius 3 is 2.67 bits per heavy atom. The number of fused-ring (bicyclic) bond motifs is 1. The number of halogens is 1. The van der Waals surface area contributed by atoms with Gasteiger partial charge in [0.1, 0.15) is 5.75 Å². The van der Waals surface area contributed by atoms with Crippen LogP contribution in [0, 0.1) is 0 Å². The van der Waals surface area contributed by atoms with Crippen LogP contribution in [0.1, 0.15) is 5.56 Å². The topological polar surface area (TPSA) is 38.3 Å². The summed E-state index contributed by atoms with van der Waals surface area (Å²) >= 11 is 6.06. The second-order valence-electron chi connectivity index (χ2n) is 5.24. The van der Waals surface area contributed by atoms with Crippen molar-refractivity contribution in [2.45, 2.75) is 0 Å². The molecule has 0 aliphatic rings. The van der Waals surface area contributed by atoms with Gasteiger partial charge < -0.3 is 10.1 Å². The molecule has 0 saturated heterocycles. The Morgan fingerprint density at radius 1 is 1.08 bits per heavy atom. The van der Waals surface area contributed by atoms with Gasteiger partial charge in [-0.2, -0.15) is 0 Å². The Bertz CT molecular complexity index is 913. The van der Waals surface area contributed by atoms with Crippen LogP contribution in [-0.2, 0) is 4.79 Å². The minimum Gasteiger partial charge on any atom is -0.495 e. The molecule has 24 heavy (non-hydrogen) atoms. The number of carbonyl (C=O) groups excluding carboxylic acids is 1. The average molecular weight is 338 g/mol. The molecular weight excluding hydrogens is 322 g/mol. The van der Waals surface area contributed by atoms with Crippen molar-refractivity contribution in [1.82, 2.24) is 0 Å². The van der Waals surface area contributed by atoms with Gasteiger partial charge in [-0.3, -0.25) is 4.79 Å². The third-order valence-corrected chi connectivity index (χ3v) is 3.95. The zero-order valence-electron chi connectivity index (χ0n) is 13.1. The summed E-state index contributed by atoms with van der Waals surface area (Å²) in [4.78, 5) is 12.1. The van der Waals surface area contributed by atoms with E-state index in [1.54, 1.807) is 25.3 Å². The first-order valence-corrected chi connectivity index (χ1v) is 7.85. The van der Waals surface area contributed by atoms with E-state index >= 15 is 0 Å². The zero-order valence-corrected chi connectivity index (χ0v) is 13.9. The largest absolute Gasteiger partial charge is 0.495 e. The van der Waals surface area contributed by atoms with Crippen molar-refractivity contribution >= 4 is 40.0 Å². The van der Waals surface area contributed by atoms with Crippen molar-refractivity contribution in [2.24, 2.45) is 0 Å². The SMILES string of the molecule is COc1ccc(NC(=O)/C=C/c2cccc3ccccc23)cc1Cl. The van der Waals surface area contributed by atoms with Crippen LogP contribution in [0.25, 0.3) is 16.8 Å². The Balaban J connectivity index is 1.76. The molecule has 0 aromatic heterocycles. The summed E-state index contributed by atoms with van der Waals surface area (Å²) in [6.07, 6.45) is 3.32. The molecule has 3 aromatic carbocycles. The van der Waals surface area contributed by atoms with E-state index < -0.39 is 0 Å². The van der Waals surface area contributed by atoms with E-state index in [0.717, 1.165) is 16.3 Å². The summed E-state index contributed by atoms with van der Waals surface area (Å²) in [5.41, 5.74) is 1.62. The highest BCUT2D eigenvalue weighted by Gasteiger charge is 2.04. The van der Waals surface area contributed by atoms with Crippen LogP contribution in [0.5, 0.6) is 5.75 Å². The summed E-state index contributed by atoms with van der Waals surface area (Å²) in [7, 11) is 1.55. The quantitative estimate of drug-likeness (QED) is 0.668. The Kier molecular flexibility index (Phi) is 4.82. The van der Waals surface area contributed by atoms with Crippen molar-refractivity contribution in [1.29, 1.82) is 0 Å². The number of anilines is 1. The van der Waals surface area contributed by atoms with Crippen molar-refractivity contribution in [3.63, 3.8) is 0 Å². The molecule has 3 rings (SSSR count). The van der Waals surface area contributed by atoms with Gasteiger partial charge in [-0.05, 0) is 40.6 Å². The van der Waals surface area contributed by atoms with Crippen molar-refractivity contribution in [3.8, 4) is 5.75 Å². The number of hydrogen-bond donors (Lipinski definition) is 1. The number of rotatable bonds is 4. The van der Waals surface area contributed by atoms with E-state index in [1.807, 2.05) is 48.5 Å². The monoisotopic (exact) mass is 337 g/mol. The van der Waals surface area contributed by atoms with Gasteiger partial charge in [-0.15, -0.1) is 0 Å². The third-order valence-electron chi connectivity index (χ3n) is 3.66. The van der Waals surface area contributed by atoms with Crippen LogP contribution >= 0.6 is 11.6 Å². The number of ether oxygens (including phenoxy) is 1. The van der Waals surface area contributed by atoms with E-state index in [2.05, 4.69) is 5.32 Å². The van der Waals surface area contributed by atoms with Gasteiger partial charge >= 0.3 is 0 Å². The van der Waals surface area contributed by atoms with Crippen LogP contribution in [0.15, 0.2) is 66.7 Å². The fraction of sp³-hybridized carbons (Fsp3) is 0.0500. The summed E-state index contributed by atoms with van der Waals surface area (Å²) in [5.74, 6) is 0.352. The second kappa shape index (κ2) is 7.20. The first-order chi connectivity index (χ1) is 11.7. The number of amides is 1. The fourth-order valence-corrected chi connectivity index (χ4v) is 2.75. The van der Waals surface area contributed by atoms with Gasteiger partial charge in [0, 0.05) is 11.8 Å².